The average molecular weight is 368 g/mol. The Bertz CT molecular complexity index is 823. The van der Waals surface area contributed by atoms with Gasteiger partial charge in [-0.2, -0.15) is 0 Å². The highest BCUT2D eigenvalue weighted by molar-refractivity contribution is 6.05. The van der Waals surface area contributed by atoms with Crippen molar-refractivity contribution in [1.29, 1.82) is 0 Å². The summed E-state index contributed by atoms with van der Waals surface area (Å²) < 4.78 is 0. The lowest BCUT2D eigenvalue weighted by Crippen LogP contribution is -2.61. The molecule has 0 aromatic heterocycles. The van der Waals surface area contributed by atoms with E-state index in [2.05, 4.69) is 15.5 Å². The van der Waals surface area contributed by atoms with Gasteiger partial charge in [-0.15, -0.1) is 0 Å². The number of nitrogens with zero attached hydrogens (tertiary/aromatic N) is 2. The van der Waals surface area contributed by atoms with Gasteiger partial charge in [-0.25, -0.2) is 0 Å². The molecule has 4 heterocycles. The summed E-state index contributed by atoms with van der Waals surface area (Å²) in [6.45, 7) is 4.44. The van der Waals surface area contributed by atoms with E-state index in [1.54, 1.807) is 4.90 Å². The molecule has 1 aromatic rings. The lowest BCUT2D eigenvalue weighted by Gasteiger charge is -2.46. The molecule has 3 atom stereocenters. The van der Waals surface area contributed by atoms with Crippen molar-refractivity contribution in [3.8, 4) is 0 Å². The van der Waals surface area contributed by atoms with E-state index in [1.165, 1.54) is 6.42 Å². The van der Waals surface area contributed by atoms with Crippen LogP contribution in [0.15, 0.2) is 18.2 Å². The summed E-state index contributed by atoms with van der Waals surface area (Å²) in [4.78, 5) is 40.8. The lowest BCUT2D eigenvalue weighted by molar-refractivity contribution is -0.136. The second-order valence-corrected chi connectivity index (χ2v) is 8.15. The van der Waals surface area contributed by atoms with Gasteiger partial charge in [0.05, 0.1) is 0 Å². The van der Waals surface area contributed by atoms with Crippen LogP contribution in [0.2, 0.25) is 0 Å². The number of piperidine rings is 2. The molecule has 0 spiro atoms. The predicted molar refractivity (Wildman–Crippen MR) is 97.7 cm³/mol. The normalized spacial score (nSPS) is 30.6. The average Bonchev–Trinajstić information content (AvgIpc) is 2.95. The number of imide groups is 1. The van der Waals surface area contributed by atoms with Crippen molar-refractivity contribution in [2.75, 3.05) is 19.6 Å². The second-order valence-electron chi connectivity index (χ2n) is 8.15. The Morgan fingerprint density at radius 1 is 1.15 bits per heavy atom. The molecule has 0 aliphatic carbocycles. The molecule has 2 N–H and O–H groups in total. The van der Waals surface area contributed by atoms with Crippen LogP contribution in [0.1, 0.15) is 40.7 Å². The van der Waals surface area contributed by atoms with Gasteiger partial charge >= 0.3 is 0 Å². The Hall–Kier alpha value is -2.25. The Kier molecular flexibility index (Phi) is 4.02. The summed E-state index contributed by atoms with van der Waals surface area (Å²) in [5, 5.41) is 5.86. The van der Waals surface area contributed by atoms with Crippen LogP contribution in [-0.4, -0.2) is 59.2 Å². The van der Waals surface area contributed by atoms with Crippen LogP contribution in [0.3, 0.4) is 0 Å². The first kappa shape index (κ1) is 16.9. The number of benzene rings is 1. The van der Waals surface area contributed by atoms with E-state index in [0.29, 0.717) is 19.0 Å². The van der Waals surface area contributed by atoms with Crippen molar-refractivity contribution >= 4 is 17.7 Å². The number of carbonyl (C=O) groups is 3. The van der Waals surface area contributed by atoms with Crippen LogP contribution in [0.4, 0.5) is 0 Å². The molecule has 1 aromatic carbocycles. The summed E-state index contributed by atoms with van der Waals surface area (Å²) in [5.41, 5.74) is 2.79. The zero-order chi connectivity index (χ0) is 18.5. The molecule has 4 aliphatic rings. The molecule has 3 amide bonds. The number of likely N-dealkylation sites (tertiary alicyclic amines) is 1. The van der Waals surface area contributed by atoms with E-state index >= 15 is 0 Å². The van der Waals surface area contributed by atoms with E-state index in [-0.39, 0.29) is 24.1 Å². The molecule has 142 valence electrons. The highest BCUT2D eigenvalue weighted by atomic mass is 16.2. The van der Waals surface area contributed by atoms with Crippen molar-refractivity contribution < 1.29 is 14.4 Å². The zero-order valence-corrected chi connectivity index (χ0v) is 15.2. The smallest absolute Gasteiger partial charge is 0.255 e. The van der Waals surface area contributed by atoms with E-state index < -0.39 is 6.04 Å². The topological polar surface area (TPSA) is 81.8 Å². The van der Waals surface area contributed by atoms with Gasteiger partial charge in [-0.1, -0.05) is 18.2 Å². The standard InChI is InChI=1S/C20H24N4O3/c25-17-5-4-16(19(26)22-17)24-10-14-3-1-2-13(18(14)20(24)27)9-23-7-6-12-8-21-15(12)11-23/h1-3,12,15-16,21H,4-11H2,(H,22,25,26). The molecule has 7 nitrogen and oxygen atoms in total. The minimum absolute atomic E-state index is 0.0771. The van der Waals surface area contributed by atoms with Crippen molar-refractivity contribution in [1.82, 2.24) is 20.4 Å². The van der Waals surface area contributed by atoms with Gasteiger partial charge in [-0.05, 0) is 43.0 Å². The Labute approximate surface area is 158 Å². The van der Waals surface area contributed by atoms with Crippen molar-refractivity contribution in [2.45, 2.75) is 44.4 Å². The molecular weight excluding hydrogens is 344 g/mol. The molecule has 3 saturated heterocycles. The number of hydrogen-bond acceptors (Lipinski definition) is 5. The van der Waals surface area contributed by atoms with Gasteiger partial charge < -0.3 is 10.2 Å². The third-order valence-corrected chi connectivity index (χ3v) is 6.52. The molecule has 7 heteroatoms. The van der Waals surface area contributed by atoms with Crippen molar-refractivity contribution in [2.24, 2.45) is 5.92 Å². The quantitative estimate of drug-likeness (QED) is 0.747. The van der Waals surface area contributed by atoms with E-state index in [1.807, 2.05) is 18.2 Å². The van der Waals surface area contributed by atoms with Crippen LogP contribution < -0.4 is 10.6 Å². The van der Waals surface area contributed by atoms with Gasteiger partial charge in [-0.3, -0.25) is 24.6 Å². The van der Waals surface area contributed by atoms with Gasteiger partial charge in [0.1, 0.15) is 6.04 Å². The fourth-order valence-corrected chi connectivity index (χ4v) is 4.89. The lowest BCUT2D eigenvalue weighted by atomic mass is 9.85. The summed E-state index contributed by atoms with van der Waals surface area (Å²) in [7, 11) is 0. The van der Waals surface area contributed by atoms with E-state index in [9.17, 15) is 14.4 Å². The molecule has 3 fully saturated rings. The monoisotopic (exact) mass is 368 g/mol. The number of fused-ring (bicyclic) bond motifs is 2. The van der Waals surface area contributed by atoms with Gasteiger partial charge in [0.2, 0.25) is 11.8 Å². The Balaban J connectivity index is 1.35. The first-order chi connectivity index (χ1) is 13.1. The highest BCUT2D eigenvalue weighted by Crippen LogP contribution is 2.31. The van der Waals surface area contributed by atoms with Crippen molar-refractivity contribution in [3.05, 3.63) is 34.9 Å². The summed E-state index contributed by atoms with van der Waals surface area (Å²) in [6.07, 6.45) is 1.90. The summed E-state index contributed by atoms with van der Waals surface area (Å²) in [6, 6.07) is 6.05. The predicted octanol–water partition coefficient (Wildman–Crippen LogP) is 0.241. The highest BCUT2D eigenvalue weighted by Gasteiger charge is 2.41. The van der Waals surface area contributed by atoms with Gasteiger partial charge in [0.15, 0.2) is 0 Å². The maximum Gasteiger partial charge on any atom is 0.255 e. The number of hydrogen-bond donors (Lipinski definition) is 2. The first-order valence-electron chi connectivity index (χ1n) is 9.81. The van der Waals surface area contributed by atoms with Crippen LogP contribution >= 0.6 is 0 Å². The maximum atomic E-state index is 13.1. The molecule has 27 heavy (non-hydrogen) atoms. The third kappa shape index (κ3) is 2.85. The van der Waals surface area contributed by atoms with Gasteiger partial charge in [0.25, 0.3) is 5.91 Å². The van der Waals surface area contributed by atoms with Gasteiger partial charge in [0, 0.05) is 37.7 Å². The Morgan fingerprint density at radius 3 is 2.78 bits per heavy atom. The molecule has 0 radical (unpaired) electrons. The Morgan fingerprint density at radius 2 is 2.04 bits per heavy atom. The fourth-order valence-electron chi connectivity index (χ4n) is 4.89. The molecule has 0 saturated carbocycles. The number of nitrogens with one attached hydrogen (secondary N) is 2. The minimum atomic E-state index is -0.551. The van der Waals surface area contributed by atoms with Crippen LogP contribution in [0, 0.1) is 5.92 Å². The molecule has 3 unspecified atom stereocenters. The van der Waals surface area contributed by atoms with Crippen molar-refractivity contribution in [3.63, 3.8) is 0 Å². The van der Waals surface area contributed by atoms with E-state index in [4.69, 9.17) is 0 Å². The van der Waals surface area contributed by atoms with E-state index in [0.717, 1.165) is 48.8 Å². The minimum Gasteiger partial charge on any atom is -0.322 e. The molecule has 4 aliphatic heterocycles. The second kappa shape index (κ2) is 6.42. The van der Waals surface area contributed by atoms with Crippen LogP contribution in [0.5, 0.6) is 0 Å². The SMILES string of the molecule is O=C1CCC(N2Cc3cccc(CN4CCC5CNC5C4)c3C2=O)C(=O)N1. The largest absolute Gasteiger partial charge is 0.322 e. The third-order valence-electron chi connectivity index (χ3n) is 6.52. The molecular formula is C20H24N4O3. The zero-order valence-electron chi connectivity index (χ0n) is 15.2. The number of amides is 3. The molecule has 0 bridgehead atoms. The summed E-state index contributed by atoms with van der Waals surface area (Å²) in [5.74, 6) is 0.125. The maximum absolute atomic E-state index is 13.1. The van der Waals surface area contributed by atoms with Crippen LogP contribution in [-0.2, 0) is 22.7 Å². The molecule has 5 rings (SSSR count). The number of carbonyl (C=O) groups excluding carboxylic acids is 3. The summed E-state index contributed by atoms with van der Waals surface area (Å²) >= 11 is 0. The number of rotatable bonds is 3. The fraction of sp³-hybridized carbons (Fsp3) is 0.550. The van der Waals surface area contributed by atoms with Crippen LogP contribution in [0.25, 0.3) is 0 Å². The first-order valence-corrected chi connectivity index (χ1v) is 9.81.